The van der Waals surface area contributed by atoms with Crippen molar-refractivity contribution in [2.75, 3.05) is 29.0 Å². The molecule has 1 aliphatic heterocycles. The van der Waals surface area contributed by atoms with Crippen molar-refractivity contribution in [1.82, 2.24) is 9.97 Å². The van der Waals surface area contributed by atoms with Gasteiger partial charge in [-0.15, -0.1) is 0 Å². The molecule has 204 valence electrons. The molecule has 8 nitrogen and oxygen atoms in total. The van der Waals surface area contributed by atoms with Crippen LogP contribution in [-0.2, 0) is 9.84 Å². The van der Waals surface area contributed by atoms with Crippen molar-refractivity contribution in [3.05, 3.63) is 58.7 Å². The lowest BCUT2D eigenvalue weighted by molar-refractivity contribution is 0.243. The molecule has 3 N–H and O–H groups in total. The third kappa shape index (κ3) is 5.99. The number of aryl methyl sites for hydroxylation is 1. The zero-order chi connectivity index (χ0) is 27.6. The van der Waals surface area contributed by atoms with E-state index < -0.39 is 15.1 Å². The molecule has 1 saturated heterocycles. The highest BCUT2D eigenvalue weighted by Gasteiger charge is 2.26. The molecule has 0 atom stereocenters. The minimum absolute atomic E-state index is 0.0528. The molecule has 0 radical (unpaired) electrons. The van der Waals surface area contributed by atoms with Gasteiger partial charge in [-0.25, -0.2) is 13.4 Å². The second kappa shape index (κ2) is 11.4. The Hall–Kier alpha value is -3.04. The molecular weight excluding hydrogens is 522 g/mol. The largest absolute Gasteiger partial charge is 0.489 e. The Labute approximate surface area is 230 Å². The highest BCUT2D eigenvalue weighted by atomic mass is 35.5. The number of ether oxygens (including phenoxy) is 1. The number of sulfone groups is 1. The molecule has 3 aromatic rings. The van der Waals surface area contributed by atoms with Crippen LogP contribution in [0.5, 0.6) is 5.75 Å². The number of nitrogen functional groups attached to an aromatic ring is 1. The maximum absolute atomic E-state index is 12.9. The van der Waals surface area contributed by atoms with E-state index in [2.05, 4.69) is 33.2 Å². The molecule has 0 aliphatic carbocycles. The van der Waals surface area contributed by atoms with Crippen molar-refractivity contribution in [2.24, 2.45) is 0 Å². The van der Waals surface area contributed by atoms with Gasteiger partial charge in [-0.3, -0.25) is 0 Å². The predicted octanol–water partition coefficient (Wildman–Crippen LogP) is 6.12. The first kappa shape index (κ1) is 28.0. The zero-order valence-electron chi connectivity index (χ0n) is 22.5. The summed E-state index contributed by atoms with van der Waals surface area (Å²) in [6, 6.07) is 10.9. The minimum atomic E-state index is -3.50. The SMILES string of the molecule is Cc1cc(N)c(OC(C)C)cc1C1CCN(c2ncc(Cl)c(Nc3ccccc3S(=O)(=O)C(C)C)n2)CC1. The number of hydrogen-bond acceptors (Lipinski definition) is 8. The number of hydrogen-bond donors (Lipinski definition) is 2. The van der Waals surface area contributed by atoms with E-state index in [0.29, 0.717) is 34.1 Å². The Morgan fingerprint density at radius 3 is 2.47 bits per heavy atom. The van der Waals surface area contributed by atoms with Crippen molar-refractivity contribution >= 4 is 44.6 Å². The number of nitrogens with zero attached hydrogens (tertiary/aromatic N) is 3. The van der Waals surface area contributed by atoms with Crippen molar-refractivity contribution < 1.29 is 13.2 Å². The van der Waals surface area contributed by atoms with Crippen molar-refractivity contribution in [3.8, 4) is 5.75 Å². The summed E-state index contributed by atoms with van der Waals surface area (Å²) in [4.78, 5) is 11.5. The normalized spacial score (nSPS) is 14.8. The summed E-state index contributed by atoms with van der Waals surface area (Å²) in [5.74, 6) is 2.03. The molecule has 0 bridgehead atoms. The smallest absolute Gasteiger partial charge is 0.227 e. The van der Waals surface area contributed by atoms with Crippen LogP contribution in [0.4, 0.5) is 23.1 Å². The fraction of sp³-hybridized carbons (Fsp3) is 0.429. The molecule has 2 aromatic carbocycles. The van der Waals surface area contributed by atoms with E-state index in [-0.39, 0.29) is 11.0 Å². The number of aromatic nitrogens is 2. The summed E-state index contributed by atoms with van der Waals surface area (Å²) in [6.45, 7) is 10.9. The minimum Gasteiger partial charge on any atom is -0.489 e. The maximum Gasteiger partial charge on any atom is 0.227 e. The molecule has 0 spiro atoms. The lowest BCUT2D eigenvalue weighted by atomic mass is 9.86. The molecule has 1 fully saturated rings. The van der Waals surface area contributed by atoms with E-state index in [1.807, 2.05) is 19.9 Å². The number of anilines is 4. The van der Waals surface area contributed by atoms with Gasteiger partial charge in [0, 0.05) is 13.1 Å². The Morgan fingerprint density at radius 1 is 1.13 bits per heavy atom. The first-order valence-electron chi connectivity index (χ1n) is 12.9. The summed E-state index contributed by atoms with van der Waals surface area (Å²) in [6.07, 6.45) is 3.46. The van der Waals surface area contributed by atoms with Crippen molar-refractivity contribution in [2.45, 2.75) is 69.6 Å². The van der Waals surface area contributed by atoms with Crippen LogP contribution in [0, 0.1) is 6.92 Å². The van der Waals surface area contributed by atoms with E-state index in [1.54, 1.807) is 44.3 Å². The van der Waals surface area contributed by atoms with E-state index in [0.717, 1.165) is 31.7 Å². The molecule has 1 aromatic heterocycles. The van der Waals surface area contributed by atoms with E-state index >= 15 is 0 Å². The molecule has 1 aliphatic rings. The second-order valence-corrected chi connectivity index (χ2v) is 13.1. The second-order valence-electron chi connectivity index (χ2n) is 10.3. The first-order chi connectivity index (χ1) is 18.0. The Kier molecular flexibility index (Phi) is 8.37. The van der Waals surface area contributed by atoms with Gasteiger partial charge in [0.15, 0.2) is 15.7 Å². The molecule has 0 amide bonds. The molecule has 38 heavy (non-hydrogen) atoms. The maximum atomic E-state index is 12.9. The number of rotatable bonds is 8. The van der Waals surface area contributed by atoms with Crippen LogP contribution >= 0.6 is 11.6 Å². The van der Waals surface area contributed by atoms with Crippen molar-refractivity contribution in [3.63, 3.8) is 0 Å². The van der Waals surface area contributed by atoms with E-state index in [1.165, 1.54) is 11.1 Å². The third-order valence-electron chi connectivity index (χ3n) is 6.78. The van der Waals surface area contributed by atoms with Crippen molar-refractivity contribution in [1.29, 1.82) is 0 Å². The molecule has 4 rings (SSSR count). The monoisotopic (exact) mass is 557 g/mol. The fourth-order valence-corrected chi connectivity index (χ4v) is 6.05. The summed E-state index contributed by atoms with van der Waals surface area (Å²) < 4.78 is 31.7. The Bertz CT molecular complexity index is 1400. The average Bonchev–Trinajstić information content (AvgIpc) is 2.87. The molecule has 2 heterocycles. The van der Waals surface area contributed by atoms with Gasteiger partial charge >= 0.3 is 0 Å². The molecular formula is C28H36ClN5O3S. The summed E-state index contributed by atoms with van der Waals surface area (Å²) in [5, 5.41) is 2.90. The molecule has 10 heteroatoms. The first-order valence-corrected chi connectivity index (χ1v) is 14.8. The number of benzene rings is 2. The highest BCUT2D eigenvalue weighted by molar-refractivity contribution is 7.92. The average molecular weight is 558 g/mol. The van der Waals surface area contributed by atoms with Gasteiger partial charge in [-0.2, -0.15) is 4.98 Å². The van der Waals surface area contributed by atoms with Crippen LogP contribution in [0.15, 0.2) is 47.5 Å². The lowest BCUT2D eigenvalue weighted by Gasteiger charge is -2.33. The summed E-state index contributed by atoms with van der Waals surface area (Å²) >= 11 is 6.42. The van der Waals surface area contributed by atoms with Crippen LogP contribution in [0.25, 0.3) is 0 Å². The summed E-state index contributed by atoms with van der Waals surface area (Å²) in [5.41, 5.74) is 9.72. The van der Waals surface area contributed by atoms with Gasteiger partial charge < -0.3 is 20.7 Å². The fourth-order valence-electron chi connectivity index (χ4n) is 4.71. The van der Waals surface area contributed by atoms with Crippen LogP contribution in [-0.4, -0.2) is 42.8 Å². The zero-order valence-corrected chi connectivity index (χ0v) is 24.1. The highest BCUT2D eigenvalue weighted by Crippen LogP contribution is 2.37. The van der Waals surface area contributed by atoms with Crippen LogP contribution < -0.4 is 20.7 Å². The number of nitrogens with two attached hydrogens (primary N) is 1. The number of piperidine rings is 1. The van der Waals surface area contributed by atoms with Gasteiger partial charge in [0.1, 0.15) is 10.8 Å². The summed E-state index contributed by atoms with van der Waals surface area (Å²) in [7, 11) is -3.50. The van der Waals surface area contributed by atoms with Gasteiger partial charge in [0.25, 0.3) is 0 Å². The quantitative estimate of drug-likeness (QED) is 0.319. The van der Waals surface area contributed by atoms with E-state index in [9.17, 15) is 8.42 Å². The van der Waals surface area contributed by atoms with Gasteiger partial charge in [-0.1, -0.05) is 23.7 Å². The van der Waals surface area contributed by atoms with Gasteiger partial charge in [0.05, 0.1) is 33.8 Å². The van der Waals surface area contributed by atoms with Gasteiger partial charge in [-0.05, 0) is 88.8 Å². The standard InChI is InChI=1S/C28H36ClN5O3S/c1-17(2)37-25-15-21(19(5)14-23(25)30)20-10-12-34(13-11-20)28-31-16-22(29)27(33-28)32-24-8-6-7-9-26(24)38(35,36)18(3)4/h6-9,14-18,20H,10-13,30H2,1-5H3,(H,31,32,33). The Morgan fingerprint density at radius 2 is 1.82 bits per heavy atom. The predicted molar refractivity (Wildman–Crippen MR) is 155 cm³/mol. The van der Waals surface area contributed by atoms with Crippen LogP contribution in [0.2, 0.25) is 5.02 Å². The molecule has 0 saturated carbocycles. The van der Waals surface area contributed by atoms with E-state index in [4.69, 9.17) is 22.1 Å². The molecule has 0 unspecified atom stereocenters. The third-order valence-corrected chi connectivity index (χ3v) is 9.26. The van der Waals surface area contributed by atoms with Gasteiger partial charge in [0.2, 0.25) is 5.95 Å². The topological polar surface area (TPSA) is 110 Å². The number of para-hydroxylation sites is 1. The van der Waals surface area contributed by atoms with Crippen LogP contribution in [0.3, 0.4) is 0 Å². The lowest BCUT2D eigenvalue weighted by Crippen LogP contribution is -2.34. The Balaban J connectivity index is 1.52. The van der Waals surface area contributed by atoms with Crippen LogP contribution in [0.1, 0.15) is 57.6 Å². The number of nitrogens with one attached hydrogen (secondary N) is 1. The number of halogens is 1.